The number of H-pyrrole nitrogens is 2. The minimum absolute atomic E-state index is 0.305. The van der Waals surface area contributed by atoms with Crippen LogP contribution in [0.4, 0.5) is 0 Å². The lowest BCUT2D eigenvalue weighted by Crippen LogP contribution is -2.28. The number of hydrogen-bond donors (Lipinski definition) is 2. The van der Waals surface area contributed by atoms with Crippen LogP contribution in [-0.2, 0) is 11.2 Å². The molecule has 0 saturated heterocycles. The SMILES string of the molecule is CCOC1=Cc2[nH]c(=O)[nH]c(=O)c2CC1. The summed E-state index contributed by atoms with van der Waals surface area (Å²) in [5, 5.41) is 0. The van der Waals surface area contributed by atoms with Gasteiger partial charge in [0.05, 0.1) is 18.1 Å². The number of ether oxygens (including phenoxy) is 1. The molecule has 5 nitrogen and oxygen atoms in total. The average molecular weight is 208 g/mol. The van der Waals surface area contributed by atoms with Gasteiger partial charge in [-0.15, -0.1) is 0 Å². The number of allylic oxidation sites excluding steroid dienone is 1. The van der Waals surface area contributed by atoms with Gasteiger partial charge in [0.25, 0.3) is 5.56 Å². The fourth-order valence-corrected chi connectivity index (χ4v) is 1.68. The fourth-order valence-electron chi connectivity index (χ4n) is 1.68. The van der Waals surface area contributed by atoms with Crippen LogP contribution in [-0.4, -0.2) is 16.6 Å². The lowest BCUT2D eigenvalue weighted by atomic mass is 10.0. The molecular weight excluding hydrogens is 196 g/mol. The summed E-state index contributed by atoms with van der Waals surface area (Å²) < 4.78 is 5.35. The molecule has 2 N–H and O–H groups in total. The van der Waals surface area contributed by atoms with E-state index in [2.05, 4.69) is 9.97 Å². The minimum atomic E-state index is -0.479. The van der Waals surface area contributed by atoms with Crippen LogP contribution in [0.2, 0.25) is 0 Å². The maximum atomic E-state index is 11.4. The Morgan fingerprint density at radius 3 is 2.87 bits per heavy atom. The summed E-state index contributed by atoms with van der Waals surface area (Å²) in [6.45, 7) is 2.49. The first-order valence-electron chi connectivity index (χ1n) is 4.89. The molecule has 0 bridgehead atoms. The fraction of sp³-hybridized carbons (Fsp3) is 0.400. The number of rotatable bonds is 2. The van der Waals surface area contributed by atoms with Crippen LogP contribution >= 0.6 is 0 Å². The molecule has 0 spiro atoms. The number of hydrogen-bond acceptors (Lipinski definition) is 3. The highest BCUT2D eigenvalue weighted by Crippen LogP contribution is 2.19. The van der Waals surface area contributed by atoms with Crippen LogP contribution in [0.15, 0.2) is 15.3 Å². The normalized spacial score (nSPS) is 14.3. The van der Waals surface area contributed by atoms with Crippen molar-refractivity contribution in [3.8, 4) is 0 Å². The molecule has 1 heterocycles. The zero-order chi connectivity index (χ0) is 10.8. The highest BCUT2D eigenvalue weighted by atomic mass is 16.5. The molecule has 0 fully saturated rings. The lowest BCUT2D eigenvalue weighted by Gasteiger charge is -2.14. The van der Waals surface area contributed by atoms with Crippen molar-refractivity contribution in [2.45, 2.75) is 19.8 Å². The lowest BCUT2D eigenvalue weighted by molar-refractivity contribution is 0.220. The molecule has 5 heteroatoms. The molecular formula is C10H12N2O3. The second-order valence-electron chi connectivity index (χ2n) is 3.34. The second-order valence-corrected chi connectivity index (χ2v) is 3.34. The van der Waals surface area contributed by atoms with Crippen molar-refractivity contribution >= 4 is 6.08 Å². The molecule has 0 radical (unpaired) electrons. The van der Waals surface area contributed by atoms with Crippen molar-refractivity contribution < 1.29 is 4.74 Å². The van der Waals surface area contributed by atoms with Gasteiger partial charge < -0.3 is 9.72 Å². The van der Waals surface area contributed by atoms with Gasteiger partial charge in [0.2, 0.25) is 0 Å². The van der Waals surface area contributed by atoms with E-state index >= 15 is 0 Å². The number of nitrogens with one attached hydrogen (secondary N) is 2. The van der Waals surface area contributed by atoms with E-state index in [1.54, 1.807) is 6.08 Å². The number of aromatic amines is 2. The Morgan fingerprint density at radius 1 is 1.33 bits per heavy atom. The zero-order valence-corrected chi connectivity index (χ0v) is 8.42. The number of aromatic nitrogens is 2. The molecule has 1 aliphatic rings. The molecule has 15 heavy (non-hydrogen) atoms. The first-order valence-corrected chi connectivity index (χ1v) is 4.89. The van der Waals surface area contributed by atoms with E-state index in [1.807, 2.05) is 6.92 Å². The molecule has 0 unspecified atom stereocenters. The Kier molecular flexibility index (Phi) is 2.45. The quantitative estimate of drug-likeness (QED) is 0.738. The first kappa shape index (κ1) is 9.76. The van der Waals surface area contributed by atoms with E-state index < -0.39 is 5.69 Å². The van der Waals surface area contributed by atoms with Gasteiger partial charge in [0.15, 0.2) is 0 Å². The molecule has 1 aromatic rings. The van der Waals surface area contributed by atoms with E-state index in [9.17, 15) is 9.59 Å². The standard InChI is InChI=1S/C10H12N2O3/c1-2-15-6-3-4-7-8(5-6)11-10(14)12-9(7)13/h5H,2-4H2,1H3,(H2,11,12,13,14). The molecule has 1 aliphatic carbocycles. The van der Waals surface area contributed by atoms with Gasteiger partial charge in [0.1, 0.15) is 0 Å². The molecule has 0 saturated carbocycles. The van der Waals surface area contributed by atoms with Crippen molar-refractivity contribution in [3.63, 3.8) is 0 Å². The summed E-state index contributed by atoms with van der Waals surface area (Å²) >= 11 is 0. The summed E-state index contributed by atoms with van der Waals surface area (Å²) in [5.74, 6) is 0.811. The van der Waals surface area contributed by atoms with Gasteiger partial charge in [-0.05, 0) is 19.4 Å². The Labute approximate surface area is 85.8 Å². The second kappa shape index (κ2) is 3.76. The third-order valence-corrected chi connectivity index (χ3v) is 2.33. The topological polar surface area (TPSA) is 75.0 Å². The van der Waals surface area contributed by atoms with Gasteiger partial charge in [-0.2, -0.15) is 0 Å². The third-order valence-electron chi connectivity index (χ3n) is 2.33. The van der Waals surface area contributed by atoms with Gasteiger partial charge in [-0.1, -0.05) is 0 Å². The van der Waals surface area contributed by atoms with E-state index in [-0.39, 0.29) is 5.56 Å². The Bertz CT molecular complexity index is 510. The van der Waals surface area contributed by atoms with Crippen molar-refractivity contribution in [3.05, 3.63) is 37.9 Å². The third kappa shape index (κ3) is 1.86. The molecule has 0 aromatic carbocycles. The predicted molar refractivity (Wildman–Crippen MR) is 55.6 cm³/mol. The van der Waals surface area contributed by atoms with Crippen molar-refractivity contribution in [1.82, 2.24) is 9.97 Å². The molecule has 0 aliphatic heterocycles. The van der Waals surface area contributed by atoms with Crippen LogP contribution < -0.4 is 11.2 Å². The maximum absolute atomic E-state index is 11.4. The zero-order valence-electron chi connectivity index (χ0n) is 8.42. The monoisotopic (exact) mass is 208 g/mol. The predicted octanol–water partition coefficient (Wildman–Crippen LogP) is 0.387. The van der Waals surface area contributed by atoms with Gasteiger partial charge >= 0.3 is 5.69 Å². The van der Waals surface area contributed by atoms with E-state index in [1.165, 1.54) is 0 Å². The molecule has 1 aromatic heterocycles. The highest BCUT2D eigenvalue weighted by Gasteiger charge is 2.15. The summed E-state index contributed by atoms with van der Waals surface area (Å²) in [4.78, 5) is 27.2. The Balaban J connectivity index is 2.50. The van der Waals surface area contributed by atoms with Crippen LogP contribution in [0, 0.1) is 0 Å². The highest BCUT2D eigenvalue weighted by molar-refractivity contribution is 5.53. The van der Waals surface area contributed by atoms with Gasteiger partial charge in [-0.25, -0.2) is 4.79 Å². The molecule has 0 atom stereocenters. The van der Waals surface area contributed by atoms with E-state index in [0.717, 1.165) is 5.76 Å². The van der Waals surface area contributed by atoms with Crippen molar-refractivity contribution in [2.75, 3.05) is 6.61 Å². The van der Waals surface area contributed by atoms with Crippen LogP contribution in [0.5, 0.6) is 0 Å². The minimum Gasteiger partial charge on any atom is -0.498 e. The van der Waals surface area contributed by atoms with Crippen LogP contribution in [0.3, 0.4) is 0 Å². The first-order chi connectivity index (χ1) is 7.20. The van der Waals surface area contributed by atoms with Gasteiger partial charge in [-0.3, -0.25) is 9.78 Å². The summed E-state index contributed by atoms with van der Waals surface area (Å²) in [7, 11) is 0. The summed E-state index contributed by atoms with van der Waals surface area (Å²) in [6, 6.07) is 0. The Morgan fingerprint density at radius 2 is 2.13 bits per heavy atom. The molecule has 0 amide bonds. The smallest absolute Gasteiger partial charge is 0.326 e. The van der Waals surface area contributed by atoms with E-state index in [0.29, 0.717) is 30.7 Å². The summed E-state index contributed by atoms with van der Waals surface area (Å²) in [6.07, 6.45) is 3.03. The maximum Gasteiger partial charge on any atom is 0.326 e. The average Bonchev–Trinajstić information content (AvgIpc) is 2.17. The Hall–Kier alpha value is -1.78. The van der Waals surface area contributed by atoms with Crippen LogP contribution in [0.25, 0.3) is 6.08 Å². The molecule has 2 rings (SSSR count). The number of fused-ring (bicyclic) bond motifs is 1. The van der Waals surface area contributed by atoms with Crippen molar-refractivity contribution in [2.24, 2.45) is 0 Å². The summed E-state index contributed by atoms with van der Waals surface area (Å²) in [5.41, 5.74) is 0.407. The van der Waals surface area contributed by atoms with E-state index in [4.69, 9.17) is 4.74 Å². The van der Waals surface area contributed by atoms with Crippen LogP contribution in [0.1, 0.15) is 24.6 Å². The molecule has 80 valence electrons. The van der Waals surface area contributed by atoms with Crippen molar-refractivity contribution in [1.29, 1.82) is 0 Å². The largest absolute Gasteiger partial charge is 0.498 e. The van der Waals surface area contributed by atoms with Gasteiger partial charge in [0, 0.05) is 12.0 Å².